The Labute approximate surface area is 123 Å². The van der Waals surface area contributed by atoms with Crippen LogP contribution in [0.1, 0.15) is 18.9 Å². The van der Waals surface area contributed by atoms with Gasteiger partial charge in [-0.1, -0.05) is 31.2 Å². The lowest BCUT2D eigenvalue weighted by molar-refractivity contribution is -0.122. The van der Waals surface area contributed by atoms with Crippen LogP contribution >= 0.6 is 0 Å². The first kappa shape index (κ1) is 15.0. The molecule has 4 heteroatoms. The van der Waals surface area contributed by atoms with Crippen molar-refractivity contribution in [3.63, 3.8) is 0 Å². The molecule has 2 aromatic carbocycles. The normalized spacial score (nSPS) is 11.8. The molecule has 0 aromatic heterocycles. The van der Waals surface area contributed by atoms with Crippen molar-refractivity contribution >= 4 is 11.6 Å². The molecule has 3 nitrogen and oxygen atoms in total. The van der Waals surface area contributed by atoms with Crippen LogP contribution in [0.25, 0.3) is 0 Å². The Morgan fingerprint density at radius 1 is 1.24 bits per heavy atom. The van der Waals surface area contributed by atoms with Crippen molar-refractivity contribution in [3.05, 3.63) is 59.9 Å². The van der Waals surface area contributed by atoms with E-state index < -0.39 is 6.10 Å². The Morgan fingerprint density at radius 3 is 2.67 bits per heavy atom. The van der Waals surface area contributed by atoms with Gasteiger partial charge in [0.15, 0.2) is 6.10 Å². The summed E-state index contributed by atoms with van der Waals surface area (Å²) < 4.78 is 18.9. The number of amides is 1. The Morgan fingerprint density at radius 2 is 2.00 bits per heavy atom. The molecule has 1 unspecified atom stereocenters. The highest BCUT2D eigenvalue weighted by Gasteiger charge is 2.19. The van der Waals surface area contributed by atoms with E-state index in [-0.39, 0.29) is 11.7 Å². The standard InChI is InChI=1S/C17H18FNO2/c1-3-15(21-16-10-5-4-7-12(16)2)17(20)19-14-9-6-8-13(18)11-14/h4-11,15H,3H2,1-2H3,(H,19,20). The van der Waals surface area contributed by atoms with E-state index in [1.54, 1.807) is 12.1 Å². The van der Waals surface area contributed by atoms with Crippen molar-refractivity contribution in [2.24, 2.45) is 0 Å². The highest BCUT2D eigenvalue weighted by atomic mass is 19.1. The van der Waals surface area contributed by atoms with Crippen LogP contribution in [0.4, 0.5) is 10.1 Å². The molecule has 1 N–H and O–H groups in total. The monoisotopic (exact) mass is 287 g/mol. The second-order valence-electron chi connectivity index (χ2n) is 4.78. The lowest BCUT2D eigenvalue weighted by atomic mass is 10.2. The van der Waals surface area contributed by atoms with Crippen molar-refractivity contribution in [3.8, 4) is 5.75 Å². The molecular formula is C17H18FNO2. The molecule has 1 atom stereocenters. The fraction of sp³-hybridized carbons (Fsp3) is 0.235. The number of carbonyl (C=O) groups is 1. The summed E-state index contributed by atoms with van der Waals surface area (Å²) in [5.74, 6) is 0.00534. The maximum atomic E-state index is 13.1. The molecule has 0 heterocycles. The third-order valence-electron chi connectivity index (χ3n) is 3.12. The van der Waals surface area contributed by atoms with Crippen LogP contribution in [0.3, 0.4) is 0 Å². The Balaban J connectivity index is 2.07. The largest absolute Gasteiger partial charge is 0.480 e. The molecule has 0 bridgehead atoms. The molecule has 0 radical (unpaired) electrons. The fourth-order valence-electron chi connectivity index (χ4n) is 1.95. The van der Waals surface area contributed by atoms with Gasteiger partial charge >= 0.3 is 0 Å². The van der Waals surface area contributed by atoms with E-state index in [2.05, 4.69) is 5.32 Å². The van der Waals surface area contributed by atoms with Gasteiger partial charge in [0.25, 0.3) is 5.91 Å². The maximum absolute atomic E-state index is 13.1. The van der Waals surface area contributed by atoms with Gasteiger partial charge in [-0.2, -0.15) is 0 Å². The molecular weight excluding hydrogens is 269 g/mol. The minimum Gasteiger partial charge on any atom is -0.480 e. The number of para-hydroxylation sites is 1. The van der Waals surface area contributed by atoms with Crippen LogP contribution in [0.2, 0.25) is 0 Å². The van der Waals surface area contributed by atoms with Crippen LogP contribution in [-0.4, -0.2) is 12.0 Å². The second kappa shape index (κ2) is 6.88. The molecule has 0 saturated carbocycles. The Kier molecular flexibility index (Phi) is 4.93. The van der Waals surface area contributed by atoms with Crippen LogP contribution in [-0.2, 0) is 4.79 Å². The minimum absolute atomic E-state index is 0.286. The van der Waals surface area contributed by atoms with Gasteiger partial charge in [-0.05, 0) is 43.2 Å². The fourth-order valence-corrected chi connectivity index (χ4v) is 1.95. The van der Waals surface area contributed by atoms with Gasteiger partial charge in [-0.15, -0.1) is 0 Å². The third-order valence-corrected chi connectivity index (χ3v) is 3.12. The zero-order chi connectivity index (χ0) is 15.2. The topological polar surface area (TPSA) is 38.3 Å². The number of hydrogen-bond donors (Lipinski definition) is 1. The molecule has 0 saturated heterocycles. The number of ether oxygens (including phenoxy) is 1. The predicted molar refractivity (Wildman–Crippen MR) is 80.9 cm³/mol. The van der Waals surface area contributed by atoms with Gasteiger partial charge in [-0.3, -0.25) is 4.79 Å². The number of anilines is 1. The van der Waals surface area contributed by atoms with Gasteiger partial charge in [0.2, 0.25) is 0 Å². The van der Waals surface area contributed by atoms with Crippen molar-refractivity contribution < 1.29 is 13.9 Å². The van der Waals surface area contributed by atoms with Crippen LogP contribution in [0, 0.1) is 12.7 Å². The second-order valence-corrected chi connectivity index (χ2v) is 4.78. The number of aryl methyl sites for hydroxylation is 1. The van der Waals surface area contributed by atoms with Crippen molar-refractivity contribution in [1.29, 1.82) is 0 Å². The number of carbonyl (C=O) groups excluding carboxylic acids is 1. The quantitative estimate of drug-likeness (QED) is 0.905. The Bertz CT molecular complexity index is 628. The zero-order valence-corrected chi connectivity index (χ0v) is 12.1. The molecule has 0 fully saturated rings. The lowest BCUT2D eigenvalue weighted by Gasteiger charge is -2.18. The van der Waals surface area contributed by atoms with E-state index in [0.717, 1.165) is 5.56 Å². The number of halogens is 1. The summed E-state index contributed by atoms with van der Waals surface area (Å²) in [4.78, 5) is 12.2. The molecule has 21 heavy (non-hydrogen) atoms. The Hall–Kier alpha value is -2.36. The van der Waals surface area contributed by atoms with Gasteiger partial charge in [0, 0.05) is 5.69 Å². The molecule has 0 aliphatic carbocycles. The van der Waals surface area contributed by atoms with Crippen molar-refractivity contribution in [1.82, 2.24) is 0 Å². The highest BCUT2D eigenvalue weighted by molar-refractivity contribution is 5.94. The molecule has 110 valence electrons. The molecule has 0 aliphatic heterocycles. The zero-order valence-electron chi connectivity index (χ0n) is 12.1. The highest BCUT2D eigenvalue weighted by Crippen LogP contribution is 2.19. The molecule has 1 amide bonds. The summed E-state index contributed by atoms with van der Waals surface area (Å²) in [6.07, 6.45) is -0.0930. The first-order chi connectivity index (χ1) is 10.1. The minimum atomic E-state index is -0.616. The van der Waals surface area contributed by atoms with Crippen LogP contribution < -0.4 is 10.1 Å². The molecule has 0 aliphatic rings. The van der Waals surface area contributed by atoms with E-state index in [4.69, 9.17) is 4.74 Å². The van der Waals surface area contributed by atoms with Crippen molar-refractivity contribution in [2.45, 2.75) is 26.4 Å². The van der Waals surface area contributed by atoms with Gasteiger partial charge in [0.1, 0.15) is 11.6 Å². The molecule has 2 rings (SSSR count). The van der Waals surface area contributed by atoms with Gasteiger partial charge in [-0.25, -0.2) is 4.39 Å². The lowest BCUT2D eigenvalue weighted by Crippen LogP contribution is -2.32. The first-order valence-corrected chi connectivity index (χ1v) is 6.89. The number of rotatable bonds is 5. The number of nitrogens with one attached hydrogen (secondary N) is 1. The summed E-state index contributed by atoms with van der Waals surface area (Å²) in [7, 11) is 0. The summed E-state index contributed by atoms with van der Waals surface area (Å²) in [6, 6.07) is 13.3. The van der Waals surface area contributed by atoms with Gasteiger partial charge in [0.05, 0.1) is 0 Å². The summed E-state index contributed by atoms with van der Waals surface area (Å²) in [6.45, 7) is 3.79. The third kappa shape index (κ3) is 4.05. The van der Waals surface area contributed by atoms with Gasteiger partial charge < -0.3 is 10.1 Å². The molecule has 0 spiro atoms. The SMILES string of the molecule is CCC(Oc1ccccc1C)C(=O)Nc1cccc(F)c1. The maximum Gasteiger partial charge on any atom is 0.265 e. The first-order valence-electron chi connectivity index (χ1n) is 6.89. The average molecular weight is 287 g/mol. The van der Waals surface area contributed by atoms with Crippen LogP contribution in [0.15, 0.2) is 48.5 Å². The summed E-state index contributed by atoms with van der Waals surface area (Å²) in [5, 5.41) is 2.67. The number of benzene rings is 2. The average Bonchev–Trinajstić information content (AvgIpc) is 2.46. The van der Waals surface area contributed by atoms with Crippen molar-refractivity contribution in [2.75, 3.05) is 5.32 Å². The predicted octanol–water partition coefficient (Wildman–Crippen LogP) is 3.93. The van der Waals surface area contributed by atoms with E-state index in [0.29, 0.717) is 17.9 Å². The molecule has 2 aromatic rings. The number of hydrogen-bond acceptors (Lipinski definition) is 2. The summed E-state index contributed by atoms with van der Waals surface area (Å²) >= 11 is 0. The van der Waals surface area contributed by atoms with E-state index in [9.17, 15) is 9.18 Å². The summed E-state index contributed by atoms with van der Waals surface area (Å²) in [5.41, 5.74) is 1.39. The smallest absolute Gasteiger partial charge is 0.265 e. The van der Waals surface area contributed by atoms with Crippen LogP contribution in [0.5, 0.6) is 5.75 Å². The van der Waals surface area contributed by atoms with E-state index >= 15 is 0 Å². The van der Waals surface area contributed by atoms with E-state index in [1.807, 2.05) is 38.1 Å². The van der Waals surface area contributed by atoms with E-state index in [1.165, 1.54) is 12.1 Å².